The third-order valence-electron chi connectivity index (χ3n) is 5.50. The maximum absolute atomic E-state index is 5.92. The summed E-state index contributed by atoms with van der Waals surface area (Å²) in [5.41, 5.74) is 1.11. The highest BCUT2D eigenvalue weighted by molar-refractivity contribution is 5.85. The maximum atomic E-state index is 5.92. The first-order valence-electron chi connectivity index (χ1n) is 9.07. The smallest absolute Gasteiger partial charge is 0.230 e. The van der Waals surface area contributed by atoms with Gasteiger partial charge in [-0.25, -0.2) is 4.98 Å². The van der Waals surface area contributed by atoms with Crippen molar-refractivity contribution in [3.63, 3.8) is 0 Å². The number of para-hydroxylation sites is 1. The molecule has 1 unspecified atom stereocenters. The molecule has 3 aromatic rings. The molecule has 1 aliphatic heterocycles. The van der Waals surface area contributed by atoms with Crippen LogP contribution in [0.1, 0.15) is 31.1 Å². The van der Waals surface area contributed by atoms with Crippen molar-refractivity contribution in [1.82, 2.24) is 20.4 Å². The van der Waals surface area contributed by atoms with Gasteiger partial charge in [0.1, 0.15) is 5.75 Å². The number of hydrogen-bond acceptors (Lipinski definition) is 6. The SMILES string of the molecule is Cl.c1ccc(Oc2ncccc2-c2noc(C3CC34CCNCC4)n2)cc1. The minimum Gasteiger partial charge on any atom is -0.438 e. The molecule has 140 valence electrons. The van der Waals surface area contributed by atoms with Gasteiger partial charge in [0.2, 0.25) is 17.6 Å². The van der Waals surface area contributed by atoms with Gasteiger partial charge in [-0.3, -0.25) is 0 Å². The molecule has 2 fully saturated rings. The predicted octanol–water partition coefficient (Wildman–Crippen LogP) is 4.20. The molecular formula is C20H21ClN4O2. The van der Waals surface area contributed by atoms with Crippen LogP contribution in [0.3, 0.4) is 0 Å². The van der Waals surface area contributed by atoms with Crippen LogP contribution in [0, 0.1) is 5.41 Å². The van der Waals surface area contributed by atoms with Crippen LogP contribution in [-0.4, -0.2) is 28.2 Å². The summed E-state index contributed by atoms with van der Waals surface area (Å²) in [5.74, 6) is 2.89. The van der Waals surface area contributed by atoms with Crippen LogP contribution >= 0.6 is 12.4 Å². The van der Waals surface area contributed by atoms with Crippen molar-refractivity contribution in [2.75, 3.05) is 13.1 Å². The zero-order valence-corrected chi connectivity index (χ0v) is 15.6. The Balaban J connectivity index is 0.00000180. The van der Waals surface area contributed by atoms with Crippen molar-refractivity contribution in [2.24, 2.45) is 5.41 Å². The molecule has 27 heavy (non-hydrogen) atoms. The Bertz CT molecular complexity index is 909. The van der Waals surface area contributed by atoms with Crippen molar-refractivity contribution < 1.29 is 9.26 Å². The Morgan fingerprint density at radius 2 is 1.89 bits per heavy atom. The number of rotatable bonds is 4. The molecule has 5 rings (SSSR count). The van der Waals surface area contributed by atoms with Gasteiger partial charge >= 0.3 is 0 Å². The van der Waals surface area contributed by atoms with E-state index in [4.69, 9.17) is 9.26 Å². The van der Waals surface area contributed by atoms with Crippen molar-refractivity contribution in [1.29, 1.82) is 0 Å². The Kier molecular flexibility index (Phi) is 4.85. The molecule has 1 aromatic carbocycles. The number of halogens is 1. The third kappa shape index (κ3) is 3.42. The van der Waals surface area contributed by atoms with Crippen LogP contribution < -0.4 is 10.1 Å². The van der Waals surface area contributed by atoms with E-state index in [0.717, 1.165) is 36.7 Å². The monoisotopic (exact) mass is 384 g/mol. The van der Waals surface area contributed by atoms with Crippen LogP contribution in [0.15, 0.2) is 53.2 Å². The fourth-order valence-corrected chi connectivity index (χ4v) is 3.90. The zero-order valence-electron chi connectivity index (χ0n) is 14.8. The van der Waals surface area contributed by atoms with Gasteiger partial charge in [-0.05, 0) is 62.0 Å². The van der Waals surface area contributed by atoms with E-state index in [9.17, 15) is 0 Å². The Labute approximate surface area is 163 Å². The summed E-state index contributed by atoms with van der Waals surface area (Å²) < 4.78 is 11.5. The van der Waals surface area contributed by atoms with Crippen LogP contribution in [0.5, 0.6) is 11.6 Å². The summed E-state index contributed by atoms with van der Waals surface area (Å²) in [5, 5.41) is 7.63. The van der Waals surface area contributed by atoms with E-state index in [1.165, 1.54) is 12.8 Å². The van der Waals surface area contributed by atoms with Crippen LogP contribution in [0.2, 0.25) is 0 Å². The van der Waals surface area contributed by atoms with Crippen LogP contribution in [0.25, 0.3) is 11.4 Å². The average Bonchev–Trinajstić information content (AvgIpc) is 3.15. The van der Waals surface area contributed by atoms with Gasteiger partial charge in [0, 0.05) is 12.1 Å². The van der Waals surface area contributed by atoms with Gasteiger partial charge in [-0.1, -0.05) is 23.4 Å². The van der Waals surface area contributed by atoms with Gasteiger partial charge in [-0.15, -0.1) is 12.4 Å². The molecule has 6 nitrogen and oxygen atoms in total. The van der Waals surface area contributed by atoms with Gasteiger partial charge in [0.25, 0.3) is 0 Å². The van der Waals surface area contributed by atoms with E-state index in [0.29, 0.717) is 23.0 Å². The maximum Gasteiger partial charge on any atom is 0.230 e. The lowest BCUT2D eigenvalue weighted by molar-refractivity contribution is 0.311. The normalized spacial score (nSPS) is 20.1. The summed E-state index contributed by atoms with van der Waals surface area (Å²) in [7, 11) is 0. The van der Waals surface area contributed by atoms with Gasteiger partial charge in [0.15, 0.2) is 0 Å². The third-order valence-corrected chi connectivity index (χ3v) is 5.50. The summed E-state index contributed by atoms with van der Waals surface area (Å²) in [4.78, 5) is 9.03. The summed E-state index contributed by atoms with van der Waals surface area (Å²) in [6.45, 7) is 2.16. The molecule has 1 saturated carbocycles. The number of pyridine rings is 1. The number of nitrogens with one attached hydrogen (secondary N) is 1. The molecule has 2 aromatic heterocycles. The molecule has 1 N–H and O–H groups in total. The van der Waals surface area contributed by atoms with Gasteiger partial charge in [-0.2, -0.15) is 4.98 Å². The molecule has 1 atom stereocenters. The molecule has 0 amide bonds. The van der Waals surface area contributed by atoms with E-state index in [1.807, 2.05) is 42.5 Å². The number of nitrogens with zero attached hydrogens (tertiary/aromatic N) is 3. The molecule has 0 bridgehead atoms. The number of piperidine rings is 1. The average molecular weight is 385 g/mol. The molecular weight excluding hydrogens is 364 g/mol. The second kappa shape index (κ2) is 7.29. The molecule has 1 saturated heterocycles. The Morgan fingerprint density at radius 1 is 1.07 bits per heavy atom. The molecule has 7 heteroatoms. The lowest BCUT2D eigenvalue weighted by Crippen LogP contribution is -2.29. The highest BCUT2D eigenvalue weighted by Crippen LogP contribution is 2.63. The van der Waals surface area contributed by atoms with E-state index >= 15 is 0 Å². The zero-order chi connectivity index (χ0) is 17.4. The number of benzene rings is 1. The van der Waals surface area contributed by atoms with Crippen molar-refractivity contribution in [3.8, 4) is 23.0 Å². The second-order valence-corrected chi connectivity index (χ2v) is 7.10. The molecule has 3 heterocycles. The lowest BCUT2D eigenvalue weighted by atomic mass is 9.92. The second-order valence-electron chi connectivity index (χ2n) is 7.10. The van der Waals surface area contributed by atoms with E-state index in [1.54, 1.807) is 6.20 Å². The number of aromatic nitrogens is 3. The summed E-state index contributed by atoms with van der Waals surface area (Å²) in [6, 6.07) is 13.4. The Hall–Kier alpha value is -2.44. The van der Waals surface area contributed by atoms with Crippen LogP contribution in [0.4, 0.5) is 0 Å². The van der Waals surface area contributed by atoms with Crippen molar-refractivity contribution in [2.45, 2.75) is 25.2 Å². The first kappa shape index (κ1) is 17.9. The summed E-state index contributed by atoms with van der Waals surface area (Å²) >= 11 is 0. The van der Waals surface area contributed by atoms with Gasteiger partial charge < -0.3 is 14.6 Å². The van der Waals surface area contributed by atoms with E-state index in [2.05, 4.69) is 20.4 Å². The van der Waals surface area contributed by atoms with Gasteiger partial charge in [0.05, 0.1) is 5.56 Å². The predicted molar refractivity (Wildman–Crippen MR) is 103 cm³/mol. The van der Waals surface area contributed by atoms with E-state index < -0.39 is 0 Å². The highest BCUT2D eigenvalue weighted by Gasteiger charge is 2.57. The minimum absolute atomic E-state index is 0. The standard InChI is InChI=1S/C20H20N4O2.ClH/c1-2-5-14(6-3-1)25-18-15(7-4-10-22-18)17-23-19(26-24-17)16-13-20(16)8-11-21-12-9-20;/h1-7,10,16,21H,8-9,11-13H2;1H. The topological polar surface area (TPSA) is 73.1 Å². The fraction of sp³-hybridized carbons (Fsp3) is 0.350. The fourth-order valence-electron chi connectivity index (χ4n) is 3.90. The summed E-state index contributed by atoms with van der Waals surface area (Å²) in [6.07, 6.45) is 5.22. The Morgan fingerprint density at radius 3 is 2.70 bits per heavy atom. The van der Waals surface area contributed by atoms with Crippen molar-refractivity contribution in [3.05, 3.63) is 54.6 Å². The molecule has 1 spiro atoms. The van der Waals surface area contributed by atoms with Crippen LogP contribution in [-0.2, 0) is 0 Å². The molecule has 1 aliphatic carbocycles. The number of ether oxygens (including phenoxy) is 1. The van der Waals surface area contributed by atoms with E-state index in [-0.39, 0.29) is 12.4 Å². The quantitative estimate of drug-likeness (QED) is 0.726. The lowest BCUT2D eigenvalue weighted by Gasteiger charge is -2.22. The first-order valence-corrected chi connectivity index (χ1v) is 9.07. The molecule has 0 radical (unpaired) electrons. The largest absolute Gasteiger partial charge is 0.438 e. The minimum atomic E-state index is 0. The molecule has 2 aliphatic rings. The number of hydrogen-bond donors (Lipinski definition) is 1. The first-order chi connectivity index (χ1) is 12.8. The highest BCUT2D eigenvalue weighted by atomic mass is 35.5. The van der Waals surface area contributed by atoms with Crippen molar-refractivity contribution >= 4 is 12.4 Å².